The number of benzene rings is 1. The van der Waals surface area contributed by atoms with Gasteiger partial charge in [0.05, 0.1) is 30.0 Å². The molecule has 0 unspecified atom stereocenters. The third-order valence-electron chi connectivity index (χ3n) is 4.20. The topological polar surface area (TPSA) is 113 Å². The average molecular weight is 402 g/mol. The molecule has 1 aliphatic rings. The molecule has 144 valence electrons. The third-order valence-corrected chi connectivity index (χ3v) is 4.43. The van der Waals surface area contributed by atoms with Crippen molar-refractivity contribution in [1.82, 2.24) is 4.90 Å². The first-order valence-electron chi connectivity index (χ1n) is 8.42. The van der Waals surface area contributed by atoms with Crippen molar-refractivity contribution < 1.29 is 23.5 Å². The van der Waals surface area contributed by atoms with E-state index in [1.54, 1.807) is 12.1 Å². The fraction of sp³-hybridized carbons (Fsp3) is 0.263. The molecule has 0 aliphatic carbocycles. The van der Waals surface area contributed by atoms with Gasteiger partial charge in [-0.1, -0.05) is 11.6 Å². The number of halogens is 1. The molecule has 0 saturated carbocycles. The molecule has 1 fully saturated rings. The van der Waals surface area contributed by atoms with Crippen LogP contribution in [0.3, 0.4) is 0 Å². The number of furan rings is 1. The fourth-order valence-corrected chi connectivity index (χ4v) is 3.00. The van der Waals surface area contributed by atoms with Gasteiger partial charge in [0.1, 0.15) is 11.8 Å². The Kier molecular flexibility index (Phi) is 5.96. The minimum absolute atomic E-state index is 0.0219. The predicted octanol–water partition coefficient (Wildman–Crippen LogP) is 2.34. The molecule has 2 heterocycles. The maximum absolute atomic E-state index is 12.2. The molecule has 0 spiro atoms. The van der Waals surface area contributed by atoms with Gasteiger partial charge in [0, 0.05) is 18.0 Å². The summed E-state index contributed by atoms with van der Waals surface area (Å²) < 4.78 is 10.2. The zero-order chi connectivity index (χ0) is 20.1. The number of nitrogens with zero attached hydrogens (tertiary/aromatic N) is 2. The number of carbonyl (C=O) groups excluding carboxylic acids is 3. The Labute approximate surface area is 165 Å². The summed E-state index contributed by atoms with van der Waals surface area (Å²) in [7, 11) is 0. The summed E-state index contributed by atoms with van der Waals surface area (Å²) >= 11 is 5.86. The van der Waals surface area contributed by atoms with Crippen molar-refractivity contribution in [2.75, 3.05) is 18.5 Å². The number of nitriles is 1. The van der Waals surface area contributed by atoms with Crippen LogP contribution in [0.5, 0.6) is 0 Å². The van der Waals surface area contributed by atoms with Crippen molar-refractivity contribution in [3.05, 3.63) is 52.9 Å². The molecule has 2 aromatic rings. The van der Waals surface area contributed by atoms with Crippen LogP contribution in [0.1, 0.15) is 17.7 Å². The van der Waals surface area contributed by atoms with Crippen molar-refractivity contribution in [1.29, 1.82) is 5.26 Å². The maximum Gasteiger partial charge on any atom is 0.311 e. The van der Waals surface area contributed by atoms with Gasteiger partial charge in [-0.3, -0.25) is 14.4 Å². The number of hydrogen-bond acceptors (Lipinski definition) is 6. The SMILES string of the molecule is N#Cc1ccc(Cl)cc1NC(=O)COC(=O)[C@H]1CC(=O)N(Cc2ccco2)C1. The number of amides is 2. The second kappa shape index (κ2) is 8.59. The molecule has 0 radical (unpaired) electrons. The van der Waals surface area contributed by atoms with E-state index in [9.17, 15) is 14.4 Å². The number of carbonyl (C=O) groups is 3. The molecular formula is C19H16ClN3O5. The Morgan fingerprint density at radius 3 is 2.93 bits per heavy atom. The van der Waals surface area contributed by atoms with E-state index in [0.717, 1.165) is 0 Å². The van der Waals surface area contributed by atoms with Crippen LogP contribution in [0.15, 0.2) is 41.0 Å². The smallest absolute Gasteiger partial charge is 0.311 e. The molecule has 3 rings (SSSR count). The number of hydrogen-bond donors (Lipinski definition) is 1. The van der Waals surface area contributed by atoms with Gasteiger partial charge in [0.2, 0.25) is 5.91 Å². The van der Waals surface area contributed by atoms with Crippen LogP contribution in [0.4, 0.5) is 5.69 Å². The zero-order valence-electron chi connectivity index (χ0n) is 14.7. The lowest BCUT2D eigenvalue weighted by atomic mass is 10.1. The van der Waals surface area contributed by atoms with Gasteiger partial charge in [0.25, 0.3) is 5.91 Å². The molecule has 8 nitrogen and oxygen atoms in total. The first-order chi connectivity index (χ1) is 13.5. The lowest BCUT2D eigenvalue weighted by Gasteiger charge is -2.14. The van der Waals surface area contributed by atoms with Gasteiger partial charge in [-0.15, -0.1) is 0 Å². The summed E-state index contributed by atoms with van der Waals surface area (Å²) in [5.41, 5.74) is 0.468. The third kappa shape index (κ3) is 4.69. The van der Waals surface area contributed by atoms with Crippen molar-refractivity contribution >= 4 is 35.1 Å². The monoisotopic (exact) mass is 401 g/mol. The first-order valence-corrected chi connectivity index (χ1v) is 8.80. The van der Waals surface area contributed by atoms with Gasteiger partial charge >= 0.3 is 5.97 Å². The van der Waals surface area contributed by atoms with Crippen LogP contribution in [0.2, 0.25) is 5.02 Å². The van der Waals surface area contributed by atoms with Gasteiger partial charge < -0.3 is 19.4 Å². The summed E-state index contributed by atoms with van der Waals surface area (Å²) in [5.74, 6) is -1.44. The molecule has 9 heteroatoms. The fourth-order valence-electron chi connectivity index (χ4n) is 2.83. The second-order valence-electron chi connectivity index (χ2n) is 6.21. The maximum atomic E-state index is 12.2. The molecule has 1 aromatic carbocycles. The van der Waals surface area contributed by atoms with E-state index in [1.165, 1.54) is 29.4 Å². The van der Waals surface area contributed by atoms with Crippen LogP contribution >= 0.6 is 11.6 Å². The Hall–Kier alpha value is -3.31. The average Bonchev–Trinajstić information content (AvgIpc) is 3.30. The van der Waals surface area contributed by atoms with Crippen LogP contribution in [0, 0.1) is 17.2 Å². The minimum atomic E-state index is -0.642. The van der Waals surface area contributed by atoms with Crippen molar-refractivity contribution in [3.63, 3.8) is 0 Å². The largest absolute Gasteiger partial charge is 0.467 e. The van der Waals surface area contributed by atoms with E-state index >= 15 is 0 Å². The molecule has 1 aliphatic heterocycles. The van der Waals surface area contributed by atoms with Crippen LogP contribution < -0.4 is 5.32 Å². The van der Waals surface area contributed by atoms with Crippen LogP contribution in [-0.4, -0.2) is 35.8 Å². The van der Waals surface area contributed by atoms with E-state index in [0.29, 0.717) is 10.8 Å². The summed E-state index contributed by atoms with van der Waals surface area (Å²) in [6, 6.07) is 9.83. The molecule has 0 bridgehead atoms. The van der Waals surface area contributed by atoms with Gasteiger partial charge in [-0.25, -0.2) is 0 Å². The van der Waals surface area contributed by atoms with E-state index < -0.39 is 24.4 Å². The number of rotatable bonds is 6. The summed E-state index contributed by atoms with van der Waals surface area (Å²) in [6.07, 6.45) is 1.53. The second-order valence-corrected chi connectivity index (χ2v) is 6.65. The number of nitrogens with one attached hydrogen (secondary N) is 1. The highest BCUT2D eigenvalue weighted by molar-refractivity contribution is 6.31. The van der Waals surface area contributed by atoms with E-state index in [4.69, 9.17) is 26.0 Å². The van der Waals surface area contributed by atoms with E-state index in [2.05, 4.69) is 5.32 Å². The lowest BCUT2D eigenvalue weighted by Crippen LogP contribution is -2.28. The normalized spacial score (nSPS) is 15.9. The Morgan fingerprint density at radius 2 is 2.21 bits per heavy atom. The lowest BCUT2D eigenvalue weighted by molar-refractivity contribution is -0.151. The summed E-state index contributed by atoms with van der Waals surface area (Å²) in [6.45, 7) is -0.0479. The number of anilines is 1. The van der Waals surface area contributed by atoms with Crippen LogP contribution in [-0.2, 0) is 25.7 Å². The zero-order valence-corrected chi connectivity index (χ0v) is 15.4. The molecule has 2 amide bonds. The van der Waals surface area contributed by atoms with Gasteiger partial charge in [-0.05, 0) is 30.3 Å². The van der Waals surface area contributed by atoms with E-state index in [1.807, 2.05) is 6.07 Å². The predicted molar refractivity (Wildman–Crippen MR) is 98.0 cm³/mol. The molecule has 1 aromatic heterocycles. The summed E-state index contributed by atoms with van der Waals surface area (Å²) in [4.78, 5) is 37.8. The van der Waals surface area contributed by atoms with Crippen molar-refractivity contribution in [2.24, 2.45) is 5.92 Å². The molecule has 1 saturated heterocycles. The minimum Gasteiger partial charge on any atom is -0.467 e. The quantitative estimate of drug-likeness (QED) is 0.743. The first kappa shape index (κ1) is 19.5. The van der Waals surface area contributed by atoms with Gasteiger partial charge in [-0.2, -0.15) is 5.26 Å². The Morgan fingerprint density at radius 1 is 1.39 bits per heavy atom. The number of esters is 1. The molecule has 1 atom stereocenters. The Bertz CT molecular complexity index is 936. The number of ether oxygens (including phenoxy) is 1. The highest BCUT2D eigenvalue weighted by Gasteiger charge is 2.35. The van der Waals surface area contributed by atoms with Crippen LogP contribution in [0.25, 0.3) is 0 Å². The van der Waals surface area contributed by atoms with E-state index in [-0.39, 0.29) is 36.7 Å². The molecule has 28 heavy (non-hydrogen) atoms. The highest BCUT2D eigenvalue weighted by Crippen LogP contribution is 2.22. The van der Waals surface area contributed by atoms with Crippen molar-refractivity contribution in [3.8, 4) is 6.07 Å². The molecular weight excluding hydrogens is 386 g/mol. The molecule has 1 N–H and O–H groups in total. The summed E-state index contributed by atoms with van der Waals surface area (Å²) in [5, 5.41) is 11.9. The Balaban J connectivity index is 1.50. The standard InChI is InChI=1S/C19H16ClN3O5/c20-14-4-3-12(8-21)16(7-14)22-17(24)11-28-19(26)13-6-18(25)23(9-13)10-15-2-1-5-27-15/h1-5,7,13H,6,9-11H2,(H,22,24)/t13-/m0/s1. The number of likely N-dealkylation sites (tertiary alicyclic amines) is 1. The van der Waals surface area contributed by atoms with Crippen molar-refractivity contribution in [2.45, 2.75) is 13.0 Å². The van der Waals surface area contributed by atoms with Gasteiger partial charge in [0.15, 0.2) is 6.61 Å². The highest BCUT2D eigenvalue weighted by atomic mass is 35.5.